The summed E-state index contributed by atoms with van der Waals surface area (Å²) in [6.07, 6.45) is 2.12. The van der Waals surface area contributed by atoms with E-state index in [1.165, 1.54) is 24.6 Å². The van der Waals surface area contributed by atoms with Crippen LogP contribution in [0.5, 0.6) is 0 Å². The van der Waals surface area contributed by atoms with Gasteiger partial charge < -0.3 is 15.4 Å². The first-order chi connectivity index (χ1) is 15.5. The van der Waals surface area contributed by atoms with Crippen molar-refractivity contribution in [3.63, 3.8) is 0 Å². The molecule has 0 radical (unpaired) electrons. The summed E-state index contributed by atoms with van der Waals surface area (Å²) in [6.45, 7) is 3.64. The molecule has 162 valence electrons. The fourth-order valence-corrected chi connectivity index (χ4v) is 4.39. The molecule has 2 N–H and O–H groups in total. The molecule has 4 rings (SSSR count). The zero-order valence-electron chi connectivity index (χ0n) is 17.7. The van der Waals surface area contributed by atoms with Crippen molar-refractivity contribution in [3.05, 3.63) is 76.9 Å². The topological polar surface area (TPSA) is 93.2 Å². The number of fused-ring (bicyclic) bond motifs is 1. The van der Waals surface area contributed by atoms with Crippen molar-refractivity contribution in [2.45, 2.75) is 20.3 Å². The Hall–Kier alpha value is -3.78. The van der Waals surface area contributed by atoms with Crippen LogP contribution in [0.4, 0.5) is 17.2 Å². The second-order valence-corrected chi connectivity index (χ2v) is 8.22. The van der Waals surface area contributed by atoms with Gasteiger partial charge in [-0.2, -0.15) is 0 Å². The number of thiophene rings is 1. The minimum atomic E-state index is -0.361. The first-order valence-corrected chi connectivity index (χ1v) is 10.9. The van der Waals surface area contributed by atoms with Crippen molar-refractivity contribution in [2.75, 3.05) is 17.2 Å². The van der Waals surface area contributed by atoms with E-state index in [0.29, 0.717) is 34.2 Å². The molecule has 0 aliphatic rings. The predicted molar refractivity (Wildman–Crippen MR) is 127 cm³/mol. The van der Waals surface area contributed by atoms with E-state index in [4.69, 9.17) is 4.74 Å². The third kappa shape index (κ3) is 4.92. The van der Waals surface area contributed by atoms with Gasteiger partial charge in [-0.3, -0.25) is 4.79 Å². The number of hydrogen-bond acceptors (Lipinski definition) is 7. The zero-order valence-corrected chi connectivity index (χ0v) is 18.5. The van der Waals surface area contributed by atoms with Gasteiger partial charge in [0.15, 0.2) is 0 Å². The molecule has 0 saturated carbocycles. The smallest absolute Gasteiger partial charge is 0.348 e. The Morgan fingerprint density at radius 1 is 1.03 bits per heavy atom. The number of anilines is 3. The zero-order chi connectivity index (χ0) is 22.5. The van der Waals surface area contributed by atoms with Crippen LogP contribution < -0.4 is 10.6 Å². The summed E-state index contributed by atoms with van der Waals surface area (Å²) in [7, 11) is 0. The number of nitrogens with one attached hydrogen (secondary N) is 2. The summed E-state index contributed by atoms with van der Waals surface area (Å²) >= 11 is 1.29. The highest BCUT2D eigenvalue weighted by Crippen LogP contribution is 2.35. The molecule has 0 unspecified atom stereocenters. The van der Waals surface area contributed by atoms with Gasteiger partial charge in [-0.05, 0) is 36.2 Å². The Kier molecular flexibility index (Phi) is 6.42. The van der Waals surface area contributed by atoms with E-state index in [1.54, 1.807) is 0 Å². The Labute approximate surface area is 189 Å². The number of carbonyl (C=O) groups excluding carboxylic acids is 2. The molecule has 4 aromatic rings. The molecule has 1 amide bonds. The summed E-state index contributed by atoms with van der Waals surface area (Å²) in [5, 5.41) is 6.80. The number of aryl methyl sites for hydroxylation is 1. The SMILES string of the molecule is CC(=O)Nc1cccc(Nc2ncnc3sc(C(=O)OCCc4ccccc4)c(C)c23)c1. The first kappa shape index (κ1) is 21.5. The van der Waals surface area contributed by atoms with Crippen LogP contribution in [0.3, 0.4) is 0 Å². The lowest BCUT2D eigenvalue weighted by Crippen LogP contribution is -2.08. The van der Waals surface area contributed by atoms with Gasteiger partial charge in [0.2, 0.25) is 5.91 Å². The van der Waals surface area contributed by atoms with Crippen molar-refractivity contribution < 1.29 is 14.3 Å². The van der Waals surface area contributed by atoms with Gasteiger partial charge in [0, 0.05) is 24.7 Å². The van der Waals surface area contributed by atoms with Gasteiger partial charge in [0.05, 0.1) is 12.0 Å². The molecule has 0 spiro atoms. The third-order valence-electron chi connectivity index (χ3n) is 4.82. The van der Waals surface area contributed by atoms with Crippen molar-refractivity contribution in [2.24, 2.45) is 0 Å². The number of aromatic nitrogens is 2. The number of carbonyl (C=O) groups is 2. The van der Waals surface area contributed by atoms with Crippen molar-refractivity contribution >= 4 is 50.6 Å². The Morgan fingerprint density at radius 3 is 2.59 bits per heavy atom. The average molecular weight is 447 g/mol. The number of ether oxygens (including phenoxy) is 1. The molecule has 0 saturated heterocycles. The summed E-state index contributed by atoms with van der Waals surface area (Å²) < 4.78 is 5.52. The van der Waals surface area contributed by atoms with E-state index >= 15 is 0 Å². The monoisotopic (exact) mass is 446 g/mol. The second kappa shape index (κ2) is 9.57. The van der Waals surface area contributed by atoms with Crippen LogP contribution in [-0.4, -0.2) is 28.5 Å². The Bertz CT molecular complexity index is 1270. The Morgan fingerprint density at radius 2 is 1.81 bits per heavy atom. The highest BCUT2D eigenvalue weighted by Gasteiger charge is 2.20. The normalized spacial score (nSPS) is 10.7. The molecule has 0 aliphatic heterocycles. The van der Waals surface area contributed by atoms with Crippen molar-refractivity contribution in [1.82, 2.24) is 9.97 Å². The maximum absolute atomic E-state index is 12.7. The van der Waals surface area contributed by atoms with E-state index in [1.807, 2.05) is 61.5 Å². The first-order valence-electron chi connectivity index (χ1n) is 10.1. The van der Waals surface area contributed by atoms with Gasteiger partial charge in [0.25, 0.3) is 0 Å². The van der Waals surface area contributed by atoms with E-state index in [9.17, 15) is 9.59 Å². The largest absolute Gasteiger partial charge is 0.461 e. The fourth-order valence-electron chi connectivity index (χ4n) is 3.35. The summed E-state index contributed by atoms with van der Waals surface area (Å²) in [6, 6.07) is 17.2. The maximum Gasteiger partial charge on any atom is 0.348 e. The van der Waals surface area contributed by atoms with Crippen LogP contribution >= 0.6 is 11.3 Å². The number of hydrogen-bond donors (Lipinski definition) is 2. The van der Waals surface area contributed by atoms with E-state index in [2.05, 4.69) is 20.6 Å². The van der Waals surface area contributed by atoms with Crippen LogP contribution in [0.1, 0.15) is 27.7 Å². The van der Waals surface area contributed by atoms with Crippen LogP contribution in [0.25, 0.3) is 10.2 Å². The van der Waals surface area contributed by atoms with Crippen molar-refractivity contribution in [3.8, 4) is 0 Å². The lowest BCUT2D eigenvalue weighted by atomic mass is 10.2. The molecule has 0 fully saturated rings. The molecule has 2 heterocycles. The predicted octanol–water partition coefficient (Wildman–Crippen LogP) is 5.10. The van der Waals surface area contributed by atoms with Gasteiger partial charge in [-0.25, -0.2) is 14.8 Å². The van der Waals surface area contributed by atoms with Gasteiger partial charge in [-0.15, -0.1) is 11.3 Å². The second-order valence-electron chi connectivity index (χ2n) is 7.22. The summed E-state index contributed by atoms with van der Waals surface area (Å²) in [5.74, 6) is 0.0859. The molecule has 0 bridgehead atoms. The molecule has 7 nitrogen and oxygen atoms in total. The molecule has 0 aliphatic carbocycles. The molecule has 2 aromatic carbocycles. The lowest BCUT2D eigenvalue weighted by molar-refractivity contribution is -0.114. The highest BCUT2D eigenvalue weighted by molar-refractivity contribution is 7.20. The minimum absolute atomic E-state index is 0.143. The summed E-state index contributed by atoms with van der Waals surface area (Å²) in [5.41, 5.74) is 3.33. The van der Waals surface area contributed by atoms with E-state index in [0.717, 1.165) is 22.2 Å². The number of amides is 1. The molecule has 2 aromatic heterocycles. The number of rotatable bonds is 7. The average Bonchev–Trinajstić information content (AvgIpc) is 3.12. The summed E-state index contributed by atoms with van der Waals surface area (Å²) in [4.78, 5) is 34.0. The highest BCUT2D eigenvalue weighted by atomic mass is 32.1. The van der Waals surface area contributed by atoms with E-state index < -0.39 is 0 Å². The number of nitrogens with zero attached hydrogens (tertiary/aromatic N) is 2. The molecular weight excluding hydrogens is 424 g/mol. The van der Waals surface area contributed by atoms with Gasteiger partial charge >= 0.3 is 5.97 Å². The van der Waals surface area contributed by atoms with Crippen LogP contribution in [0.15, 0.2) is 60.9 Å². The molecule has 0 atom stereocenters. The van der Waals surface area contributed by atoms with Gasteiger partial charge in [0.1, 0.15) is 21.9 Å². The minimum Gasteiger partial charge on any atom is -0.461 e. The Balaban J connectivity index is 1.53. The van der Waals surface area contributed by atoms with Crippen LogP contribution in [0, 0.1) is 6.92 Å². The fraction of sp³-hybridized carbons (Fsp3) is 0.167. The standard InChI is InChI=1S/C24H22N4O3S/c1-15-20-22(28-19-10-6-9-18(13-19)27-16(2)29)25-14-26-23(20)32-21(15)24(30)31-12-11-17-7-4-3-5-8-17/h3-10,13-14H,11-12H2,1-2H3,(H,27,29)(H,25,26,28). The quantitative estimate of drug-likeness (QED) is 0.384. The number of benzene rings is 2. The molecular formula is C24H22N4O3S. The lowest BCUT2D eigenvalue weighted by Gasteiger charge is -2.09. The third-order valence-corrected chi connectivity index (χ3v) is 6.00. The number of esters is 1. The van der Waals surface area contributed by atoms with Gasteiger partial charge in [-0.1, -0.05) is 36.4 Å². The maximum atomic E-state index is 12.7. The van der Waals surface area contributed by atoms with E-state index in [-0.39, 0.29) is 11.9 Å². The van der Waals surface area contributed by atoms with Crippen LogP contribution in [0.2, 0.25) is 0 Å². The molecule has 8 heteroatoms. The van der Waals surface area contributed by atoms with Crippen molar-refractivity contribution in [1.29, 1.82) is 0 Å². The van der Waals surface area contributed by atoms with Crippen LogP contribution in [-0.2, 0) is 16.0 Å². The molecule has 32 heavy (non-hydrogen) atoms.